The Bertz CT molecular complexity index is 1300. The molecule has 0 bridgehead atoms. The summed E-state index contributed by atoms with van der Waals surface area (Å²) in [6, 6.07) is 14.4. The Kier molecular flexibility index (Phi) is 8.34. The summed E-state index contributed by atoms with van der Waals surface area (Å²) in [4.78, 5) is 9.17. The quantitative estimate of drug-likeness (QED) is 0.286. The number of rotatable bonds is 10. The lowest BCUT2D eigenvalue weighted by molar-refractivity contribution is 0.279. The van der Waals surface area contributed by atoms with Crippen molar-refractivity contribution in [3.05, 3.63) is 60.3 Å². The highest BCUT2D eigenvalue weighted by molar-refractivity contribution is 7.89. The van der Waals surface area contributed by atoms with E-state index in [9.17, 15) is 8.42 Å². The van der Waals surface area contributed by atoms with Crippen LogP contribution < -0.4 is 20.1 Å². The second kappa shape index (κ2) is 11.5. The zero-order valence-corrected chi connectivity index (χ0v) is 22.9. The fourth-order valence-electron chi connectivity index (χ4n) is 4.37. The lowest BCUT2D eigenvalue weighted by Gasteiger charge is -2.20. The van der Waals surface area contributed by atoms with Crippen molar-refractivity contribution in [3.8, 4) is 5.75 Å². The number of hydrogen-bond donors (Lipinski definition) is 3. The van der Waals surface area contributed by atoms with Crippen molar-refractivity contribution in [2.75, 3.05) is 17.2 Å². The molecule has 1 aliphatic rings. The Morgan fingerprint density at radius 3 is 2.43 bits per heavy atom. The van der Waals surface area contributed by atoms with Gasteiger partial charge in [0.2, 0.25) is 16.0 Å². The molecule has 1 aromatic heterocycles. The molecule has 0 saturated heterocycles. The first-order valence-electron chi connectivity index (χ1n) is 12.8. The highest BCUT2D eigenvalue weighted by atomic mass is 32.2. The van der Waals surface area contributed by atoms with Crippen LogP contribution in [-0.2, 0) is 10.0 Å². The largest absolute Gasteiger partial charge is 0.494 e. The minimum atomic E-state index is -3.65. The van der Waals surface area contributed by atoms with Crippen molar-refractivity contribution in [2.45, 2.75) is 70.2 Å². The van der Waals surface area contributed by atoms with Crippen LogP contribution in [0.1, 0.15) is 58.4 Å². The van der Waals surface area contributed by atoms with Gasteiger partial charge in [0.1, 0.15) is 11.6 Å². The normalized spacial score (nSPS) is 14.5. The fourth-order valence-corrected chi connectivity index (χ4v) is 5.84. The first kappa shape index (κ1) is 26.9. The summed E-state index contributed by atoms with van der Waals surface area (Å²) in [5, 5.41) is 6.45. The minimum Gasteiger partial charge on any atom is -0.494 e. The van der Waals surface area contributed by atoms with E-state index in [0.29, 0.717) is 17.5 Å². The summed E-state index contributed by atoms with van der Waals surface area (Å²) in [7, 11) is -3.65. The molecule has 0 spiro atoms. The molecule has 9 heteroatoms. The lowest BCUT2D eigenvalue weighted by atomic mass is 10.1. The van der Waals surface area contributed by atoms with Gasteiger partial charge in [-0.05, 0) is 82.5 Å². The van der Waals surface area contributed by atoms with Crippen LogP contribution in [0, 0.1) is 12.8 Å². The molecule has 4 rings (SSSR count). The van der Waals surface area contributed by atoms with Gasteiger partial charge in [0.05, 0.1) is 11.5 Å². The topological polar surface area (TPSA) is 105 Å². The molecular weight excluding hydrogens is 486 g/mol. The monoisotopic (exact) mass is 523 g/mol. The molecule has 1 saturated carbocycles. The number of aromatic nitrogens is 2. The maximum atomic E-state index is 12.7. The minimum absolute atomic E-state index is 0.183. The molecule has 0 amide bonds. The van der Waals surface area contributed by atoms with Crippen LogP contribution in [0.5, 0.6) is 5.75 Å². The first-order valence-corrected chi connectivity index (χ1v) is 14.3. The van der Waals surface area contributed by atoms with Crippen LogP contribution in [0.15, 0.2) is 59.6 Å². The van der Waals surface area contributed by atoms with Crippen molar-refractivity contribution in [1.82, 2.24) is 14.7 Å². The van der Waals surface area contributed by atoms with E-state index in [1.165, 1.54) is 25.7 Å². The van der Waals surface area contributed by atoms with Gasteiger partial charge >= 0.3 is 0 Å². The molecule has 1 aliphatic carbocycles. The zero-order chi connectivity index (χ0) is 26.5. The van der Waals surface area contributed by atoms with E-state index in [1.54, 1.807) is 30.5 Å². The van der Waals surface area contributed by atoms with Gasteiger partial charge in [-0.2, -0.15) is 4.98 Å². The van der Waals surface area contributed by atoms with Crippen molar-refractivity contribution in [3.63, 3.8) is 0 Å². The van der Waals surface area contributed by atoms with Gasteiger partial charge in [0, 0.05) is 28.7 Å². The van der Waals surface area contributed by atoms with Gasteiger partial charge in [0.15, 0.2) is 0 Å². The molecule has 0 radical (unpaired) electrons. The van der Waals surface area contributed by atoms with Gasteiger partial charge in [-0.3, -0.25) is 0 Å². The van der Waals surface area contributed by atoms with Crippen molar-refractivity contribution in [2.24, 2.45) is 5.92 Å². The highest BCUT2D eigenvalue weighted by Gasteiger charge is 2.22. The Labute approximate surface area is 220 Å². The number of sulfonamides is 1. The summed E-state index contributed by atoms with van der Waals surface area (Å²) in [5.41, 5.74) is 1.71. The number of hydrogen-bond acceptors (Lipinski definition) is 7. The molecule has 3 aromatic rings. The van der Waals surface area contributed by atoms with Gasteiger partial charge in [0.25, 0.3) is 0 Å². The standard InChI is InChI=1S/C28H37N5O3S/c1-20-19-29-27(31-22-12-14-24(15-13-22)36-17-16-21-8-5-6-9-21)32-26(20)30-23-10-7-11-25(18-23)37(34,35)33-28(2,3)4/h7,10-15,18-19,21,33H,5-6,8-9,16-17H2,1-4H3,(H2,29,30,31,32). The van der Waals surface area contributed by atoms with Crippen LogP contribution in [-0.4, -0.2) is 30.5 Å². The number of benzene rings is 2. The number of nitrogens with zero attached hydrogens (tertiary/aromatic N) is 2. The van der Waals surface area contributed by atoms with Crippen molar-refractivity contribution < 1.29 is 13.2 Å². The maximum Gasteiger partial charge on any atom is 0.241 e. The molecule has 8 nitrogen and oxygen atoms in total. The van der Waals surface area contributed by atoms with E-state index in [2.05, 4.69) is 25.3 Å². The number of ether oxygens (including phenoxy) is 1. The Balaban J connectivity index is 1.39. The number of nitrogens with one attached hydrogen (secondary N) is 3. The molecule has 3 N–H and O–H groups in total. The SMILES string of the molecule is Cc1cnc(Nc2ccc(OCCC3CCCC3)cc2)nc1Nc1cccc(S(=O)(=O)NC(C)(C)C)c1. The predicted molar refractivity (Wildman–Crippen MR) is 148 cm³/mol. The van der Waals surface area contributed by atoms with Gasteiger partial charge in [-0.15, -0.1) is 0 Å². The van der Waals surface area contributed by atoms with Gasteiger partial charge in [-0.25, -0.2) is 18.1 Å². The zero-order valence-electron chi connectivity index (χ0n) is 22.0. The summed E-state index contributed by atoms with van der Waals surface area (Å²) in [5.74, 6) is 2.69. The smallest absolute Gasteiger partial charge is 0.241 e. The predicted octanol–water partition coefficient (Wildman–Crippen LogP) is 6.31. The highest BCUT2D eigenvalue weighted by Crippen LogP contribution is 2.28. The molecular formula is C28H37N5O3S. The van der Waals surface area contributed by atoms with Crippen LogP contribution in [0.3, 0.4) is 0 Å². The third-order valence-electron chi connectivity index (χ3n) is 6.20. The summed E-state index contributed by atoms with van der Waals surface area (Å²) < 4.78 is 34.1. The van der Waals surface area contributed by atoms with E-state index in [-0.39, 0.29) is 4.90 Å². The fraction of sp³-hybridized carbons (Fsp3) is 0.429. The van der Waals surface area contributed by atoms with Crippen LogP contribution >= 0.6 is 0 Å². The first-order chi connectivity index (χ1) is 17.6. The maximum absolute atomic E-state index is 12.7. The molecule has 0 atom stereocenters. The summed E-state index contributed by atoms with van der Waals surface area (Å²) >= 11 is 0. The molecule has 0 aliphatic heterocycles. The van der Waals surface area contributed by atoms with E-state index in [1.807, 2.05) is 52.0 Å². The molecule has 1 heterocycles. The average molecular weight is 524 g/mol. The molecule has 2 aromatic carbocycles. The van der Waals surface area contributed by atoms with Crippen LogP contribution in [0.4, 0.5) is 23.1 Å². The van der Waals surface area contributed by atoms with Gasteiger partial charge in [-0.1, -0.05) is 31.7 Å². The summed E-state index contributed by atoms with van der Waals surface area (Å²) in [6.07, 6.45) is 8.21. The average Bonchev–Trinajstić information content (AvgIpc) is 3.35. The van der Waals surface area contributed by atoms with Crippen molar-refractivity contribution >= 4 is 33.2 Å². The number of anilines is 4. The van der Waals surface area contributed by atoms with Gasteiger partial charge < -0.3 is 15.4 Å². The molecule has 1 fully saturated rings. The number of aryl methyl sites for hydroxylation is 1. The molecule has 37 heavy (non-hydrogen) atoms. The summed E-state index contributed by atoms with van der Waals surface area (Å²) in [6.45, 7) is 8.07. The Morgan fingerprint density at radius 1 is 1.00 bits per heavy atom. The second-order valence-corrected chi connectivity index (χ2v) is 12.4. The van der Waals surface area contributed by atoms with Crippen molar-refractivity contribution in [1.29, 1.82) is 0 Å². The van der Waals surface area contributed by atoms with E-state index in [0.717, 1.165) is 35.9 Å². The lowest BCUT2D eigenvalue weighted by Crippen LogP contribution is -2.40. The van der Waals surface area contributed by atoms with E-state index >= 15 is 0 Å². The second-order valence-electron chi connectivity index (χ2n) is 10.7. The molecule has 0 unspecified atom stereocenters. The van der Waals surface area contributed by atoms with E-state index in [4.69, 9.17) is 4.74 Å². The van der Waals surface area contributed by atoms with Crippen LogP contribution in [0.25, 0.3) is 0 Å². The third-order valence-corrected chi connectivity index (χ3v) is 7.96. The third kappa shape index (κ3) is 7.90. The Morgan fingerprint density at radius 2 is 1.73 bits per heavy atom. The Hall–Kier alpha value is -3.17. The van der Waals surface area contributed by atoms with Crippen LogP contribution in [0.2, 0.25) is 0 Å². The van der Waals surface area contributed by atoms with E-state index < -0.39 is 15.6 Å². The molecule has 198 valence electrons.